The lowest BCUT2D eigenvalue weighted by atomic mass is 10.1. The molecule has 366 valence electrons. The molecule has 2 fully saturated rings. The topological polar surface area (TPSA) is 197 Å². The first-order chi connectivity index (χ1) is 34.3. The number of anilines is 8. The first-order valence-electron chi connectivity index (χ1n) is 23.4. The second-order valence-corrected chi connectivity index (χ2v) is 16.9. The number of carbonyl (C=O) groups is 1. The van der Waals surface area contributed by atoms with Gasteiger partial charge in [-0.15, -0.1) is 0 Å². The summed E-state index contributed by atoms with van der Waals surface area (Å²) < 4.78 is 44.5. The average molecular weight is 955 g/mol. The number of esters is 1. The summed E-state index contributed by atoms with van der Waals surface area (Å²) in [6.45, 7) is 11.7. The van der Waals surface area contributed by atoms with Crippen molar-refractivity contribution in [1.29, 1.82) is 0 Å². The Morgan fingerprint density at radius 2 is 1.10 bits per heavy atom. The molecule has 6 heterocycles. The van der Waals surface area contributed by atoms with E-state index in [0.29, 0.717) is 82.5 Å². The molecule has 2 aromatic heterocycles. The minimum absolute atomic E-state index is 0.185. The molecule has 0 unspecified atom stereocenters. The Bertz CT molecular complexity index is 2770. The minimum Gasteiger partial charge on any atom is -0.493 e. The molecule has 0 atom stereocenters. The molecule has 70 heavy (non-hydrogen) atoms. The Kier molecular flexibility index (Phi) is 15.2. The number of rotatable bonds is 18. The standard InChI is InChI=1S/C26H29N5O5.C25H29N5O4/c1-17-15-27-26(30-24(17)29-20-6-5-7-22-23(20)36-16-35-22)28-18-8-9-21(19(14-18)25(32)33-2)34-13-12-31-10-3-4-11-31;1-17-15-26-25(29-24(17)28-19-6-5-7-21-23(19)34-16-33-21)27-18-8-9-20(22(14-18)31-2)32-13-12-30-10-3-4-11-30/h5-9,14-15H,3-4,10-13,16H2,1-2H3,(H2,27,28,29,30);5-9,14-15H,3-4,10-13,16H2,1-2H3,(H2,26,27,28,29). The van der Waals surface area contributed by atoms with Gasteiger partial charge in [0.15, 0.2) is 34.5 Å². The van der Waals surface area contributed by atoms with Gasteiger partial charge in [-0.25, -0.2) is 14.8 Å². The first-order valence-corrected chi connectivity index (χ1v) is 23.4. The van der Waals surface area contributed by atoms with Gasteiger partial charge in [0.05, 0.1) is 25.6 Å². The fourth-order valence-corrected chi connectivity index (χ4v) is 8.28. The monoisotopic (exact) mass is 954 g/mol. The maximum absolute atomic E-state index is 12.4. The molecule has 6 aromatic rings. The van der Waals surface area contributed by atoms with Gasteiger partial charge in [0.1, 0.15) is 36.2 Å². The maximum Gasteiger partial charge on any atom is 0.341 e. The quantitative estimate of drug-likeness (QED) is 0.0596. The maximum atomic E-state index is 12.4. The zero-order valence-corrected chi connectivity index (χ0v) is 39.8. The molecule has 4 aromatic carbocycles. The Morgan fingerprint density at radius 1 is 0.600 bits per heavy atom. The highest BCUT2D eigenvalue weighted by molar-refractivity contribution is 5.94. The van der Waals surface area contributed by atoms with Crippen LogP contribution >= 0.6 is 0 Å². The molecule has 19 heteroatoms. The lowest BCUT2D eigenvalue weighted by Gasteiger charge is -2.17. The van der Waals surface area contributed by atoms with Crippen molar-refractivity contribution in [2.45, 2.75) is 39.5 Å². The average Bonchev–Trinajstić information content (AvgIpc) is 4.24. The van der Waals surface area contributed by atoms with Gasteiger partial charge in [0.2, 0.25) is 25.5 Å². The van der Waals surface area contributed by atoms with E-state index in [-0.39, 0.29) is 13.6 Å². The molecule has 10 rings (SSSR count). The van der Waals surface area contributed by atoms with Crippen molar-refractivity contribution in [2.75, 3.05) is 102 Å². The smallest absolute Gasteiger partial charge is 0.341 e. The fraction of sp³-hybridized carbons (Fsp3) is 0.353. The van der Waals surface area contributed by atoms with Crippen LogP contribution in [0.4, 0.5) is 46.3 Å². The molecule has 4 aliphatic rings. The van der Waals surface area contributed by atoms with E-state index in [9.17, 15) is 4.79 Å². The zero-order chi connectivity index (χ0) is 48.2. The van der Waals surface area contributed by atoms with Gasteiger partial charge in [0, 0.05) is 54.1 Å². The van der Waals surface area contributed by atoms with Crippen LogP contribution in [0.3, 0.4) is 0 Å². The summed E-state index contributed by atoms with van der Waals surface area (Å²) in [6, 6.07) is 22.3. The van der Waals surface area contributed by atoms with E-state index in [4.69, 9.17) is 37.9 Å². The van der Waals surface area contributed by atoms with E-state index in [2.05, 4.69) is 51.0 Å². The van der Waals surface area contributed by atoms with Crippen LogP contribution in [-0.2, 0) is 4.74 Å². The summed E-state index contributed by atoms with van der Waals surface area (Å²) in [5.41, 5.74) is 5.08. The molecule has 0 radical (unpaired) electrons. The van der Waals surface area contributed by atoms with Gasteiger partial charge in [-0.3, -0.25) is 9.80 Å². The van der Waals surface area contributed by atoms with Gasteiger partial charge >= 0.3 is 5.97 Å². The normalized spacial score (nSPS) is 14.6. The SMILES string of the molecule is COC(=O)c1cc(Nc2ncc(C)c(Nc3cccc4c3OCO4)n2)ccc1OCCN1CCCC1.COc1cc(Nc2ncc(C)c(Nc3cccc4c3OCO4)n2)ccc1OCCN1CCCC1. The van der Waals surface area contributed by atoms with Crippen LogP contribution in [0.1, 0.15) is 47.2 Å². The predicted molar refractivity (Wildman–Crippen MR) is 265 cm³/mol. The molecule has 2 saturated heterocycles. The van der Waals surface area contributed by atoms with Crippen LogP contribution in [-0.4, -0.2) is 116 Å². The van der Waals surface area contributed by atoms with E-state index in [1.165, 1.54) is 32.8 Å². The van der Waals surface area contributed by atoms with E-state index < -0.39 is 5.97 Å². The molecule has 4 N–H and O–H groups in total. The summed E-state index contributed by atoms with van der Waals surface area (Å²) in [7, 11) is 2.99. The number of hydrogen-bond donors (Lipinski definition) is 4. The number of ether oxygens (including phenoxy) is 8. The number of aromatic nitrogens is 4. The van der Waals surface area contributed by atoms with E-state index in [1.54, 1.807) is 31.6 Å². The molecule has 19 nitrogen and oxygen atoms in total. The second kappa shape index (κ2) is 22.6. The van der Waals surface area contributed by atoms with Crippen LogP contribution in [0.2, 0.25) is 0 Å². The van der Waals surface area contributed by atoms with Crippen molar-refractivity contribution < 1.29 is 42.7 Å². The number of methoxy groups -OCH3 is 2. The van der Waals surface area contributed by atoms with Crippen molar-refractivity contribution in [1.82, 2.24) is 29.7 Å². The van der Waals surface area contributed by atoms with Gasteiger partial charge in [0.25, 0.3) is 0 Å². The number of para-hydroxylation sites is 2. The Morgan fingerprint density at radius 3 is 1.61 bits per heavy atom. The number of benzene rings is 4. The highest BCUT2D eigenvalue weighted by Crippen LogP contribution is 2.42. The van der Waals surface area contributed by atoms with Crippen LogP contribution in [0.25, 0.3) is 0 Å². The number of nitrogens with one attached hydrogen (secondary N) is 4. The summed E-state index contributed by atoms with van der Waals surface area (Å²) >= 11 is 0. The van der Waals surface area contributed by atoms with Crippen LogP contribution in [0.5, 0.6) is 40.2 Å². The molecule has 0 bridgehead atoms. The molecular weight excluding hydrogens is 897 g/mol. The molecular formula is C51H58N10O9. The Labute approximate surface area is 406 Å². The summed E-state index contributed by atoms with van der Waals surface area (Å²) in [5.74, 6) is 6.24. The van der Waals surface area contributed by atoms with Crippen molar-refractivity contribution in [3.05, 3.63) is 102 Å². The minimum atomic E-state index is -0.470. The van der Waals surface area contributed by atoms with Gasteiger partial charge in [-0.05, 0) is 120 Å². The van der Waals surface area contributed by atoms with Crippen molar-refractivity contribution >= 4 is 52.3 Å². The van der Waals surface area contributed by atoms with Gasteiger partial charge < -0.3 is 59.2 Å². The lowest BCUT2D eigenvalue weighted by molar-refractivity contribution is 0.0595. The largest absolute Gasteiger partial charge is 0.493 e. The fourth-order valence-electron chi connectivity index (χ4n) is 8.28. The van der Waals surface area contributed by atoms with Crippen molar-refractivity contribution in [3.8, 4) is 40.2 Å². The number of fused-ring (bicyclic) bond motifs is 2. The van der Waals surface area contributed by atoms with Crippen molar-refractivity contribution in [2.24, 2.45) is 0 Å². The molecule has 0 amide bonds. The number of hydrogen-bond acceptors (Lipinski definition) is 19. The predicted octanol–water partition coefficient (Wildman–Crippen LogP) is 8.75. The highest BCUT2D eigenvalue weighted by Gasteiger charge is 2.22. The van der Waals surface area contributed by atoms with E-state index in [1.807, 2.05) is 74.5 Å². The zero-order valence-electron chi connectivity index (χ0n) is 39.8. The molecule has 0 aliphatic carbocycles. The first kappa shape index (κ1) is 47.3. The van der Waals surface area contributed by atoms with Crippen LogP contribution in [0.15, 0.2) is 85.2 Å². The number of likely N-dealkylation sites (tertiary alicyclic amines) is 2. The third-order valence-electron chi connectivity index (χ3n) is 12.0. The molecule has 4 aliphatic heterocycles. The number of carbonyl (C=O) groups excluding carboxylic acids is 1. The third kappa shape index (κ3) is 11.7. The van der Waals surface area contributed by atoms with Crippen molar-refractivity contribution in [3.63, 3.8) is 0 Å². The summed E-state index contributed by atoms with van der Waals surface area (Å²) in [6.07, 6.45) is 8.49. The van der Waals surface area contributed by atoms with Gasteiger partial charge in [-0.2, -0.15) is 9.97 Å². The molecule has 0 saturated carbocycles. The highest BCUT2D eigenvalue weighted by atomic mass is 16.7. The number of nitrogens with zero attached hydrogens (tertiary/aromatic N) is 6. The lowest BCUT2D eigenvalue weighted by Crippen LogP contribution is -2.25. The summed E-state index contributed by atoms with van der Waals surface area (Å²) in [4.78, 5) is 35.3. The Hall–Kier alpha value is -7.77. The van der Waals surface area contributed by atoms with Crippen LogP contribution in [0, 0.1) is 13.8 Å². The molecule has 0 spiro atoms. The van der Waals surface area contributed by atoms with Gasteiger partial charge in [-0.1, -0.05) is 12.1 Å². The summed E-state index contributed by atoms with van der Waals surface area (Å²) in [5, 5.41) is 13.0. The van der Waals surface area contributed by atoms with E-state index in [0.717, 1.165) is 73.2 Å². The second-order valence-electron chi connectivity index (χ2n) is 16.9. The van der Waals surface area contributed by atoms with E-state index >= 15 is 0 Å². The third-order valence-corrected chi connectivity index (χ3v) is 12.0. The Balaban J connectivity index is 0.000000174. The number of aryl methyl sites for hydroxylation is 2. The van der Waals surface area contributed by atoms with Crippen LogP contribution < -0.4 is 54.4 Å².